The number of hydrogen-bond acceptors (Lipinski definition) is 4. The minimum absolute atomic E-state index is 0.197. The first-order valence-corrected chi connectivity index (χ1v) is 10.7. The van der Waals surface area contributed by atoms with Gasteiger partial charge < -0.3 is 9.30 Å². The molecule has 0 bridgehead atoms. The number of hydrogen-bond donors (Lipinski definition) is 0. The van der Waals surface area contributed by atoms with Crippen molar-refractivity contribution in [3.05, 3.63) is 96.6 Å². The number of carbonyl (C=O) groups excluding carboxylic acids is 2. The monoisotopic (exact) mass is 392 g/mol. The fourth-order valence-electron chi connectivity index (χ4n) is 3.31. The van der Waals surface area contributed by atoms with Gasteiger partial charge in [0.15, 0.2) is 7.14 Å². The van der Waals surface area contributed by atoms with Crippen LogP contribution in [0.15, 0.2) is 91.0 Å². The van der Waals surface area contributed by atoms with Crippen LogP contribution in [0, 0.1) is 0 Å². The number of esters is 1. The summed E-state index contributed by atoms with van der Waals surface area (Å²) in [5.74, 6) is -1.61. The lowest BCUT2D eigenvalue weighted by atomic mass is 10.1. The Morgan fingerprint density at radius 2 is 1.21 bits per heavy atom. The van der Waals surface area contributed by atoms with Crippen LogP contribution >= 0.6 is 7.14 Å². The SMILES string of the molecule is COC(=O)C(=O)CC(c1ccccc1)P(=O)(c1ccccc1)c1ccccc1. The molecule has 0 aliphatic carbocycles. The molecule has 142 valence electrons. The van der Waals surface area contributed by atoms with Gasteiger partial charge in [-0.2, -0.15) is 0 Å². The maximum atomic E-state index is 14.7. The van der Waals surface area contributed by atoms with Gasteiger partial charge in [-0.1, -0.05) is 91.0 Å². The molecule has 3 aromatic carbocycles. The first-order chi connectivity index (χ1) is 13.6. The quantitative estimate of drug-likeness (QED) is 0.348. The third kappa shape index (κ3) is 3.97. The van der Waals surface area contributed by atoms with E-state index >= 15 is 0 Å². The lowest BCUT2D eigenvalue weighted by Crippen LogP contribution is -2.25. The molecular weight excluding hydrogens is 371 g/mol. The predicted octanol–water partition coefficient (Wildman–Crippen LogP) is 3.87. The summed E-state index contributed by atoms with van der Waals surface area (Å²) in [7, 11) is -2.12. The van der Waals surface area contributed by atoms with E-state index in [1.807, 2.05) is 91.0 Å². The van der Waals surface area contributed by atoms with E-state index in [1.165, 1.54) is 7.11 Å². The van der Waals surface area contributed by atoms with Gasteiger partial charge in [-0.25, -0.2) is 4.79 Å². The minimum atomic E-state index is -3.29. The Balaban J connectivity index is 2.21. The first kappa shape index (κ1) is 19.8. The zero-order valence-electron chi connectivity index (χ0n) is 15.5. The zero-order chi connectivity index (χ0) is 20.0. The van der Waals surface area contributed by atoms with Crippen LogP contribution in [0.3, 0.4) is 0 Å². The summed E-state index contributed by atoms with van der Waals surface area (Å²) in [5.41, 5.74) is 0.0703. The van der Waals surface area contributed by atoms with E-state index in [0.717, 1.165) is 5.56 Å². The topological polar surface area (TPSA) is 60.4 Å². The fourth-order valence-corrected chi connectivity index (χ4v) is 6.58. The summed E-state index contributed by atoms with van der Waals surface area (Å²) in [5, 5.41) is 1.29. The van der Waals surface area contributed by atoms with E-state index in [4.69, 9.17) is 0 Å². The second-order valence-electron chi connectivity index (χ2n) is 6.37. The maximum absolute atomic E-state index is 14.7. The number of Topliss-reactive ketones (excluding diaryl/α,β-unsaturated/α-hetero) is 1. The Hall–Kier alpha value is -2.97. The van der Waals surface area contributed by atoms with Crippen LogP contribution in [0.1, 0.15) is 17.6 Å². The van der Waals surface area contributed by atoms with E-state index in [9.17, 15) is 14.2 Å². The van der Waals surface area contributed by atoms with Crippen molar-refractivity contribution >= 4 is 29.5 Å². The van der Waals surface area contributed by atoms with Gasteiger partial charge in [0.2, 0.25) is 5.78 Å². The average Bonchev–Trinajstić information content (AvgIpc) is 2.78. The summed E-state index contributed by atoms with van der Waals surface area (Å²) in [6.07, 6.45) is -0.197. The van der Waals surface area contributed by atoms with Crippen molar-refractivity contribution in [3.8, 4) is 0 Å². The van der Waals surface area contributed by atoms with Crippen LogP contribution in [-0.2, 0) is 18.9 Å². The Morgan fingerprint density at radius 1 is 0.786 bits per heavy atom. The molecule has 4 nitrogen and oxygen atoms in total. The summed E-state index contributed by atoms with van der Waals surface area (Å²) < 4.78 is 19.3. The molecule has 0 spiro atoms. The highest BCUT2D eigenvalue weighted by Crippen LogP contribution is 2.58. The highest BCUT2D eigenvalue weighted by Gasteiger charge is 2.40. The average molecular weight is 392 g/mol. The number of carbonyl (C=O) groups is 2. The van der Waals surface area contributed by atoms with Gasteiger partial charge >= 0.3 is 5.97 Å². The number of ether oxygens (including phenoxy) is 1. The molecule has 1 atom stereocenters. The summed E-state index contributed by atoms with van der Waals surface area (Å²) in [6, 6.07) is 27.5. The molecule has 5 heteroatoms. The molecular formula is C23H21O4P. The van der Waals surface area contributed by atoms with E-state index in [2.05, 4.69) is 4.74 Å². The second kappa shape index (κ2) is 8.81. The number of ketones is 1. The van der Waals surface area contributed by atoms with Crippen LogP contribution in [0.2, 0.25) is 0 Å². The van der Waals surface area contributed by atoms with Gasteiger partial charge in [-0.3, -0.25) is 4.79 Å². The van der Waals surface area contributed by atoms with Crippen molar-refractivity contribution in [3.63, 3.8) is 0 Å². The Bertz CT molecular complexity index is 941. The Kier molecular flexibility index (Phi) is 6.23. The summed E-state index contributed by atoms with van der Waals surface area (Å²) in [6.45, 7) is 0. The summed E-state index contributed by atoms with van der Waals surface area (Å²) in [4.78, 5) is 24.3. The maximum Gasteiger partial charge on any atom is 0.374 e. The van der Waals surface area contributed by atoms with Gasteiger partial charge in [0.25, 0.3) is 0 Å². The molecule has 3 aromatic rings. The van der Waals surface area contributed by atoms with E-state index in [0.29, 0.717) is 10.6 Å². The number of rotatable bonds is 7. The van der Waals surface area contributed by atoms with E-state index in [1.54, 1.807) is 0 Å². The van der Waals surface area contributed by atoms with E-state index in [-0.39, 0.29) is 6.42 Å². The van der Waals surface area contributed by atoms with Crippen molar-refractivity contribution < 1.29 is 18.9 Å². The molecule has 1 unspecified atom stereocenters. The molecule has 0 N–H and O–H groups in total. The molecule has 0 saturated heterocycles. The van der Waals surface area contributed by atoms with Gasteiger partial charge in [0.1, 0.15) is 0 Å². The lowest BCUT2D eigenvalue weighted by Gasteiger charge is -2.28. The molecule has 0 aliphatic heterocycles. The smallest absolute Gasteiger partial charge is 0.374 e. The third-order valence-electron chi connectivity index (χ3n) is 4.69. The Morgan fingerprint density at radius 3 is 1.64 bits per heavy atom. The largest absolute Gasteiger partial charge is 0.463 e. The fraction of sp³-hybridized carbons (Fsp3) is 0.130. The molecule has 0 radical (unpaired) electrons. The Labute approximate surface area is 164 Å². The number of methoxy groups -OCH3 is 1. The first-order valence-electron chi connectivity index (χ1n) is 8.94. The molecule has 0 amide bonds. The van der Waals surface area contributed by atoms with Gasteiger partial charge in [-0.15, -0.1) is 0 Å². The molecule has 28 heavy (non-hydrogen) atoms. The van der Waals surface area contributed by atoms with Crippen molar-refractivity contribution in [2.24, 2.45) is 0 Å². The van der Waals surface area contributed by atoms with Crippen molar-refractivity contribution in [1.82, 2.24) is 0 Å². The highest BCUT2D eigenvalue weighted by atomic mass is 31.2. The van der Waals surface area contributed by atoms with Crippen LogP contribution < -0.4 is 10.6 Å². The van der Waals surface area contributed by atoms with Crippen LogP contribution in [0.5, 0.6) is 0 Å². The minimum Gasteiger partial charge on any atom is -0.463 e. The van der Waals surface area contributed by atoms with Crippen LogP contribution in [0.4, 0.5) is 0 Å². The van der Waals surface area contributed by atoms with Gasteiger partial charge in [-0.05, 0) is 5.56 Å². The van der Waals surface area contributed by atoms with Crippen molar-refractivity contribution in [2.45, 2.75) is 12.1 Å². The normalized spacial score (nSPS) is 12.2. The second-order valence-corrected chi connectivity index (χ2v) is 9.35. The lowest BCUT2D eigenvalue weighted by molar-refractivity contribution is -0.151. The van der Waals surface area contributed by atoms with Crippen molar-refractivity contribution in [2.75, 3.05) is 7.11 Å². The molecule has 3 rings (SSSR count). The predicted molar refractivity (Wildman–Crippen MR) is 111 cm³/mol. The highest BCUT2D eigenvalue weighted by molar-refractivity contribution is 7.79. The standard InChI is InChI=1S/C23H21O4P/c1-27-23(25)21(24)17-22(18-11-5-2-6-12-18)28(26,19-13-7-3-8-14-19)20-15-9-4-10-16-20/h2-16,22H,17H2,1H3. The van der Waals surface area contributed by atoms with Crippen LogP contribution in [-0.4, -0.2) is 18.9 Å². The van der Waals surface area contributed by atoms with E-state index < -0.39 is 24.6 Å². The van der Waals surface area contributed by atoms with Crippen molar-refractivity contribution in [1.29, 1.82) is 0 Å². The molecule has 0 saturated carbocycles. The van der Waals surface area contributed by atoms with Crippen LogP contribution in [0.25, 0.3) is 0 Å². The summed E-state index contributed by atoms with van der Waals surface area (Å²) >= 11 is 0. The number of benzene rings is 3. The zero-order valence-corrected chi connectivity index (χ0v) is 16.4. The molecule has 0 aromatic heterocycles. The van der Waals surface area contributed by atoms with Gasteiger partial charge in [0.05, 0.1) is 12.8 Å². The molecule has 0 fully saturated rings. The third-order valence-corrected chi connectivity index (χ3v) is 8.18. The van der Waals surface area contributed by atoms with Gasteiger partial charge in [0, 0.05) is 17.0 Å². The molecule has 0 aliphatic rings. The molecule has 0 heterocycles.